The molecule has 1 heterocycles. The predicted molar refractivity (Wildman–Crippen MR) is 82.2 cm³/mol. The van der Waals surface area contributed by atoms with Gasteiger partial charge >= 0.3 is 0 Å². The van der Waals surface area contributed by atoms with Crippen molar-refractivity contribution < 1.29 is 4.79 Å². The zero-order chi connectivity index (χ0) is 14.5. The van der Waals surface area contributed by atoms with Crippen molar-refractivity contribution in [3.05, 3.63) is 39.9 Å². The summed E-state index contributed by atoms with van der Waals surface area (Å²) in [6.07, 6.45) is 2.31. The number of amides is 1. The van der Waals surface area contributed by atoms with Crippen molar-refractivity contribution in [3.63, 3.8) is 0 Å². The Kier molecular flexibility index (Phi) is 4.84. The number of benzene rings is 1. The van der Waals surface area contributed by atoms with Crippen LogP contribution in [0.4, 0.5) is 5.13 Å². The fourth-order valence-corrected chi connectivity index (χ4v) is 2.74. The second kappa shape index (κ2) is 6.61. The van der Waals surface area contributed by atoms with E-state index >= 15 is 0 Å². The van der Waals surface area contributed by atoms with E-state index in [0.29, 0.717) is 11.6 Å². The maximum absolute atomic E-state index is 12.0. The first kappa shape index (κ1) is 14.7. The SMILES string of the molecule is CCCc1nnc(NC(=O)Cc2ccc(C)c(C)c2)s1. The van der Waals surface area contributed by atoms with Crippen LogP contribution in [0.1, 0.15) is 35.0 Å². The summed E-state index contributed by atoms with van der Waals surface area (Å²) in [5, 5.41) is 12.4. The highest BCUT2D eigenvalue weighted by Crippen LogP contribution is 2.17. The number of anilines is 1. The molecule has 0 unspecified atom stereocenters. The summed E-state index contributed by atoms with van der Waals surface area (Å²) in [5.41, 5.74) is 3.46. The number of nitrogens with zero attached hydrogens (tertiary/aromatic N) is 2. The molecule has 0 atom stereocenters. The van der Waals surface area contributed by atoms with E-state index in [0.717, 1.165) is 23.4 Å². The number of carbonyl (C=O) groups is 1. The first-order valence-electron chi connectivity index (χ1n) is 6.77. The molecule has 0 bridgehead atoms. The lowest BCUT2D eigenvalue weighted by Gasteiger charge is -2.05. The Bertz CT molecular complexity index is 607. The summed E-state index contributed by atoms with van der Waals surface area (Å²) in [4.78, 5) is 12.0. The molecule has 0 saturated carbocycles. The van der Waals surface area contributed by atoms with Crippen molar-refractivity contribution >= 4 is 22.4 Å². The van der Waals surface area contributed by atoms with Crippen LogP contribution in [0.2, 0.25) is 0 Å². The summed E-state index contributed by atoms with van der Waals surface area (Å²) in [5.74, 6) is -0.0487. The van der Waals surface area contributed by atoms with Gasteiger partial charge in [-0.25, -0.2) is 0 Å². The van der Waals surface area contributed by atoms with Crippen LogP contribution in [-0.4, -0.2) is 16.1 Å². The normalized spacial score (nSPS) is 10.6. The molecule has 0 saturated heterocycles. The zero-order valence-corrected chi connectivity index (χ0v) is 12.9. The van der Waals surface area contributed by atoms with E-state index in [1.54, 1.807) is 0 Å². The molecule has 1 aromatic carbocycles. The highest BCUT2D eigenvalue weighted by molar-refractivity contribution is 7.15. The summed E-state index contributed by atoms with van der Waals surface area (Å²) >= 11 is 1.45. The molecule has 5 heteroatoms. The Hall–Kier alpha value is -1.75. The van der Waals surface area contributed by atoms with E-state index in [1.807, 2.05) is 12.1 Å². The van der Waals surface area contributed by atoms with Gasteiger partial charge in [0, 0.05) is 6.42 Å². The molecule has 106 valence electrons. The summed E-state index contributed by atoms with van der Waals surface area (Å²) in [6, 6.07) is 6.09. The molecule has 0 spiro atoms. The molecule has 1 aromatic heterocycles. The third-order valence-corrected chi connectivity index (χ3v) is 4.01. The molecule has 0 aliphatic rings. The van der Waals surface area contributed by atoms with E-state index < -0.39 is 0 Å². The van der Waals surface area contributed by atoms with Crippen LogP contribution < -0.4 is 5.32 Å². The van der Waals surface area contributed by atoms with Gasteiger partial charge in [0.25, 0.3) is 0 Å². The molecule has 0 aliphatic carbocycles. The maximum Gasteiger partial charge on any atom is 0.230 e. The van der Waals surface area contributed by atoms with E-state index in [1.165, 1.54) is 22.5 Å². The van der Waals surface area contributed by atoms with Crippen LogP contribution in [0.15, 0.2) is 18.2 Å². The molecular formula is C15H19N3OS. The number of nitrogens with one attached hydrogen (secondary N) is 1. The minimum Gasteiger partial charge on any atom is -0.300 e. The lowest BCUT2D eigenvalue weighted by atomic mass is 10.0. The van der Waals surface area contributed by atoms with Gasteiger partial charge in [0.1, 0.15) is 5.01 Å². The van der Waals surface area contributed by atoms with E-state index in [9.17, 15) is 4.79 Å². The molecule has 1 N–H and O–H groups in total. The van der Waals surface area contributed by atoms with Crippen molar-refractivity contribution in [2.24, 2.45) is 0 Å². The Morgan fingerprint density at radius 1 is 1.25 bits per heavy atom. The van der Waals surface area contributed by atoms with Gasteiger partial charge < -0.3 is 5.32 Å². The number of hydrogen-bond acceptors (Lipinski definition) is 4. The minimum absolute atomic E-state index is 0.0487. The van der Waals surface area contributed by atoms with Crippen molar-refractivity contribution in [2.45, 2.75) is 40.0 Å². The quantitative estimate of drug-likeness (QED) is 0.919. The number of hydrogen-bond donors (Lipinski definition) is 1. The van der Waals surface area contributed by atoms with Gasteiger partial charge in [-0.1, -0.05) is 36.5 Å². The largest absolute Gasteiger partial charge is 0.300 e. The fraction of sp³-hybridized carbons (Fsp3) is 0.400. The Morgan fingerprint density at radius 3 is 2.75 bits per heavy atom. The Balaban J connectivity index is 1.95. The molecule has 1 amide bonds. The van der Waals surface area contributed by atoms with Crippen molar-refractivity contribution in [1.29, 1.82) is 0 Å². The van der Waals surface area contributed by atoms with E-state index in [4.69, 9.17) is 0 Å². The van der Waals surface area contributed by atoms with Gasteiger partial charge in [0.15, 0.2) is 0 Å². The van der Waals surface area contributed by atoms with Gasteiger partial charge in [-0.3, -0.25) is 4.79 Å². The third-order valence-electron chi connectivity index (χ3n) is 3.11. The lowest BCUT2D eigenvalue weighted by Crippen LogP contribution is -2.14. The summed E-state index contributed by atoms with van der Waals surface area (Å²) in [6.45, 7) is 6.22. The van der Waals surface area contributed by atoms with Crippen LogP contribution in [0.25, 0.3) is 0 Å². The van der Waals surface area contributed by atoms with Crippen LogP contribution in [-0.2, 0) is 17.6 Å². The second-order valence-corrected chi connectivity index (χ2v) is 5.96. The Labute approximate surface area is 123 Å². The highest BCUT2D eigenvalue weighted by atomic mass is 32.1. The predicted octanol–water partition coefficient (Wildman–Crippen LogP) is 3.29. The minimum atomic E-state index is -0.0487. The molecule has 0 fully saturated rings. The molecule has 20 heavy (non-hydrogen) atoms. The van der Waals surface area contributed by atoms with Crippen molar-refractivity contribution in [3.8, 4) is 0 Å². The maximum atomic E-state index is 12.0. The Morgan fingerprint density at radius 2 is 2.05 bits per heavy atom. The molecule has 2 rings (SSSR count). The number of carbonyl (C=O) groups excluding carboxylic acids is 1. The molecular weight excluding hydrogens is 270 g/mol. The fourth-order valence-electron chi connectivity index (χ4n) is 1.88. The third kappa shape index (κ3) is 3.87. The van der Waals surface area contributed by atoms with Crippen LogP contribution >= 0.6 is 11.3 Å². The molecule has 2 aromatic rings. The van der Waals surface area contributed by atoms with Crippen molar-refractivity contribution in [1.82, 2.24) is 10.2 Å². The zero-order valence-electron chi connectivity index (χ0n) is 12.1. The van der Waals surface area contributed by atoms with Gasteiger partial charge in [0.05, 0.1) is 6.42 Å². The monoisotopic (exact) mass is 289 g/mol. The van der Waals surface area contributed by atoms with Crippen LogP contribution in [0, 0.1) is 13.8 Å². The smallest absolute Gasteiger partial charge is 0.230 e. The summed E-state index contributed by atoms with van der Waals surface area (Å²) < 4.78 is 0. The average molecular weight is 289 g/mol. The average Bonchev–Trinajstić information content (AvgIpc) is 2.81. The highest BCUT2D eigenvalue weighted by Gasteiger charge is 2.09. The second-order valence-electron chi connectivity index (χ2n) is 4.89. The summed E-state index contributed by atoms with van der Waals surface area (Å²) in [7, 11) is 0. The van der Waals surface area contributed by atoms with E-state index in [-0.39, 0.29) is 5.91 Å². The molecule has 0 aliphatic heterocycles. The topological polar surface area (TPSA) is 54.9 Å². The van der Waals surface area contributed by atoms with Crippen LogP contribution in [0.5, 0.6) is 0 Å². The van der Waals surface area contributed by atoms with E-state index in [2.05, 4.69) is 42.4 Å². The lowest BCUT2D eigenvalue weighted by molar-refractivity contribution is -0.115. The van der Waals surface area contributed by atoms with Gasteiger partial charge in [-0.15, -0.1) is 10.2 Å². The molecule has 0 radical (unpaired) electrons. The first-order valence-corrected chi connectivity index (χ1v) is 7.58. The van der Waals surface area contributed by atoms with Gasteiger partial charge in [-0.2, -0.15) is 0 Å². The van der Waals surface area contributed by atoms with Gasteiger partial charge in [-0.05, 0) is 37.0 Å². The van der Waals surface area contributed by atoms with Gasteiger partial charge in [0.2, 0.25) is 11.0 Å². The molecule has 4 nitrogen and oxygen atoms in total. The number of rotatable bonds is 5. The first-order chi connectivity index (χ1) is 9.58. The van der Waals surface area contributed by atoms with Crippen molar-refractivity contribution in [2.75, 3.05) is 5.32 Å². The number of aryl methyl sites for hydroxylation is 3. The van der Waals surface area contributed by atoms with Crippen LogP contribution in [0.3, 0.4) is 0 Å². The standard InChI is InChI=1S/C15H19N3OS/c1-4-5-14-17-18-15(20-14)16-13(19)9-12-7-6-10(2)11(3)8-12/h6-8H,4-5,9H2,1-3H3,(H,16,18,19). The number of aromatic nitrogens is 2.